The molecule has 0 spiro atoms. The van der Waals surface area contributed by atoms with Crippen LogP contribution in [0, 0.1) is 6.92 Å². The first-order valence-corrected chi connectivity index (χ1v) is 15.1. The second kappa shape index (κ2) is 12.6. The lowest BCUT2D eigenvalue weighted by atomic mass is 10.0. The van der Waals surface area contributed by atoms with E-state index in [2.05, 4.69) is 5.32 Å². The van der Waals surface area contributed by atoms with Crippen molar-refractivity contribution in [2.24, 2.45) is 0 Å². The fourth-order valence-electron chi connectivity index (χ4n) is 5.09. The fourth-order valence-corrected chi connectivity index (χ4v) is 5.96. The minimum absolute atomic E-state index is 0.0690. The standard InChI is InChI=1S/C29H41N3O4S/c1-6-26(29(34)30-24-14-7-8-15-24)31(19-23-13-11-12-22(4)18-23)28(33)20-32(37(5,35)36)27-17-10-9-16-25(27)21(2)3/h9-13,16-18,21,24,26H,6-8,14-15,19-20H2,1-5H3,(H,30,34)/t26-/m1/s1. The first-order chi connectivity index (χ1) is 17.5. The van der Waals surface area contributed by atoms with Crippen LogP contribution in [0.4, 0.5) is 5.69 Å². The van der Waals surface area contributed by atoms with Crippen LogP contribution in [0.15, 0.2) is 48.5 Å². The number of para-hydroxylation sites is 1. The number of sulfonamides is 1. The second-order valence-electron chi connectivity index (χ2n) is 10.4. The zero-order chi connectivity index (χ0) is 27.2. The first-order valence-electron chi connectivity index (χ1n) is 13.2. The third-order valence-electron chi connectivity index (χ3n) is 7.03. The maximum atomic E-state index is 13.9. The molecule has 1 fully saturated rings. The van der Waals surface area contributed by atoms with Gasteiger partial charge in [-0.25, -0.2) is 8.42 Å². The van der Waals surface area contributed by atoms with Gasteiger partial charge >= 0.3 is 0 Å². The summed E-state index contributed by atoms with van der Waals surface area (Å²) < 4.78 is 27.1. The highest BCUT2D eigenvalue weighted by molar-refractivity contribution is 7.92. The van der Waals surface area contributed by atoms with Crippen LogP contribution >= 0.6 is 0 Å². The fraction of sp³-hybridized carbons (Fsp3) is 0.517. The summed E-state index contributed by atoms with van der Waals surface area (Å²) >= 11 is 0. The minimum Gasteiger partial charge on any atom is -0.352 e. The third kappa shape index (κ3) is 7.57. The van der Waals surface area contributed by atoms with Crippen LogP contribution in [0.5, 0.6) is 0 Å². The van der Waals surface area contributed by atoms with E-state index in [-0.39, 0.29) is 31.0 Å². The molecule has 0 aliphatic heterocycles. The average molecular weight is 528 g/mol. The Kier molecular flexibility index (Phi) is 9.76. The number of nitrogens with zero attached hydrogens (tertiary/aromatic N) is 2. The summed E-state index contributed by atoms with van der Waals surface area (Å²) in [6.07, 6.45) is 5.62. The van der Waals surface area contributed by atoms with Crippen LogP contribution in [0.25, 0.3) is 0 Å². The number of carbonyl (C=O) groups is 2. The van der Waals surface area contributed by atoms with Gasteiger partial charge in [0.1, 0.15) is 12.6 Å². The molecule has 2 amide bonds. The zero-order valence-electron chi connectivity index (χ0n) is 22.7. The number of aryl methyl sites for hydroxylation is 1. The van der Waals surface area contributed by atoms with Gasteiger partial charge in [-0.05, 0) is 49.3 Å². The van der Waals surface area contributed by atoms with Gasteiger partial charge in [-0.1, -0.05) is 81.6 Å². The van der Waals surface area contributed by atoms with Crippen molar-refractivity contribution in [2.45, 2.75) is 84.3 Å². The average Bonchev–Trinajstić information content (AvgIpc) is 3.34. The smallest absolute Gasteiger partial charge is 0.244 e. The predicted octanol–water partition coefficient (Wildman–Crippen LogP) is 4.75. The number of amides is 2. The van der Waals surface area contributed by atoms with E-state index in [4.69, 9.17) is 0 Å². The van der Waals surface area contributed by atoms with Crippen LogP contribution in [0.3, 0.4) is 0 Å². The molecule has 2 aromatic carbocycles. The molecule has 0 bridgehead atoms. The molecule has 0 aromatic heterocycles. The Morgan fingerprint density at radius 1 is 1.05 bits per heavy atom. The number of rotatable bonds is 11. The van der Waals surface area contributed by atoms with E-state index in [0.29, 0.717) is 12.1 Å². The number of hydrogen-bond acceptors (Lipinski definition) is 4. The quantitative estimate of drug-likeness (QED) is 0.457. The van der Waals surface area contributed by atoms with Crippen molar-refractivity contribution in [3.05, 3.63) is 65.2 Å². The normalized spacial score (nSPS) is 15.0. The predicted molar refractivity (Wildman–Crippen MR) is 149 cm³/mol. The Morgan fingerprint density at radius 2 is 1.73 bits per heavy atom. The molecule has 7 nitrogen and oxygen atoms in total. The van der Waals surface area contributed by atoms with Gasteiger partial charge in [0.05, 0.1) is 11.9 Å². The van der Waals surface area contributed by atoms with Crippen molar-refractivity contribution < 1.29 is 18.0 Å². The molecule has 0 saturated heterocycles. The summed E-state index contributed by atoms with van der Waals surface area (Å²) in [6, 6.07) is 14.5. The lowest BCUT2D eigenvalue weighted by molar-refractivity contribution is -0.140. The van der Waals surface area contributed by atoms with E-state index < -0.39 is 22.0 Å². The van der Waals surface area contributed by atoms with Crippen LogP contribution in [-0.4, -0.2) is 50.0 Å². The molecule has 202 valence electrons. The van der Waals surface area contributed by atoms with E-state index >= 15 is 0 Å². The van der Waals surface area contributed by atoms with Crippen molar-refractivity contribution in [1.82, 2.24) is 10.2 Å². The van der Waals surface area contributed by atoms with Crippen LogP contribution in [0.2, 0.25) is 0 Å². The number of carbonyl (C=O) groups excluding carboxylic acids is 2. The number of benzene rings is 2. The molecule has 3 rings (SSSR count). The van der Waals surface area contributed by atoms with Crippen molar-refractivity contribution >= 4 is 27.5 Å². The molecular formula is C29H41N3O4S. The van der Waals surface area contributed by atoms with Gasteiger partial charge in [-0.15, -0.1) is 0 Å². The van der Waals surface area contributed by atoms with Gasteiger partial charge in [0.25, 0.3) is 0 Å². The summed E-state index contributed by atoms with van der Waals surface area (Å²) in [7, 11) is -3.77. The Labute approximate surface area is 222 Å². The highest BCUT2D eigenvalue weighted by atomic mass is 32.2. The van der Waals surface area contributed by atoms with Crippen LogP contribution in [0.1, 0.15) is 75.5 Å². The topological polar surface area (TPSA) is 86.8 Å². The van der Waals surface area contributed by atoms with Crippen LogP contribution < -0.4 is 9.62 Å². The van der Waals surface area contributed by atoms with E-state index in [1.165, 1.54) is 4.31 Å². The SMILES string of the molecule is CC[C@H](C(=O)NC1CCCC1)N(Cc1cccc(C)c1)C(=O)CN(c1ccccc1C(C)C)S(C)(=O)=O. The van der Waals surface area contributed by atoms with Gasteiger partial charge in [-0.3, -0.25) is 13.9 Å². The van der Waals surface area contributed by atoms with Crippen molar-refractivity contribution in [3.63, 3.8) is 0 Å². The molecule has 1 atom stereocenters. The molecule has 0 heterocycles. The monoisotopic (exact) mass is 527 g/mol. The molecule has 1 aliphatic rings. The van der Waals surface area contributed by atoms with E-state index in [9.17, 15) is 18.0 Å². The lowest BCUT2D eigenvalue weighted by Gasteiger charge is -2.34. The Balaban J connectivity index is 1.97. The van der Waals surface area contributed by atoms with Crippen molar-refractivity contribution in [3.8, 4) is 0 Å². The maximum Gasteiger partial charge on any atom is 0.244 e. The highest BCUT2D eigenvalue weighted by Crippen LogP contribution is 2.29. The summed E-state index contributed by atoms with van der Waals surface area (Å²) in [5.41, 5.74) is 3.29. The van der Waals surface area contributed by atoms with Gasteiger partial charge in [-0.2, -0.15) is 0 Å². The van der Waals surface area contributed by atoms with E-state index in [1.54, 1.807) is 17.0 Å². The Hall–Kier alpha value is -2.87. The number of hydrogen-bond donors (Lipinski definition) is 1. The molecule has 0 radical (unpaired) electrons. The number of anilines is 1. The lowest BCUT2D eigenvalue weighted by Crippen LogP contribution is -2.53. The molecule has 37 heavy (non-hydrogen) atoms. The summed E-state index contributed by atoms with van der Waals surface area (Å²) in [5, 5.41) is 3.14. The van der Waals surface area contributed by atoms with Gasteiger partial charge in [0.2, 0.25) is 21.8 Å². The molecule has 1 saturated carbocycles. The van der Waals surface area contributed by atoms with Gasteiger partial charge < -0.3 is 10.2 Å². The molecular weight excluding hydrogens is 486 g/mol. The molecule has 0 unspecified atom stereocenters. The van der Waals surface area contributed by atoms with Gasteiger partial charge in [0.15, 0.2) is 0 Å². The summed E-state index contributed by atoms with van der Waals surface area (Å²) in [6.45, 7) is 7.70. The minimum atomic E-state index is -3.77. The first kappa shape index (κ1) is 28.7. The van der Waals surface area contributed by atoms with Gasteiger partial charge in [0, 0.05) is 12.6 Å². The summed E-state index contributed by atoms with van der Waals surface area (Å²) in [5.74, 6) is -0.512. The zero-order valence-corrected chi connectivity index (χ0v) is 23.6. The van der Waals surface area contributed by atoms with E-state index in [0.717, 1.165) is 48.6 Å². The molecule has 1 aliphatic carbocycles. The maximum absolute atomic E-state index is 13.9. The molecule has 1 N–H and O–H groups in total. The Bertz CT molecular complexity index is 1190. The van der Waals surface area contributed by atoms with Crippen LogP contribution in [-0.2, 0) is 26.2 Å². The number of nitrogens with one attached hydrogen (secondary N) is 1. The summed E-state index contributed by atoms with van der Waals surface area (Å²) in [4.78, 5) is 28.9. The molecule has 8 heteroatoms. The largest absolute Gasteiger partial charge is 0.352 e. The molecule has 2 aromatic rings. The third-order valence-corrected chi connectivity index (χ3v) is 8.16. The van der Waals surface area contributed by atoms with E-state index in [1.807, 2.05) is 64.1 Å². The Morgan fingerprint density at radius 3 is 2.32 bits per heavy atom. The van der Waals surface area contributed by atoms with Crippen molar-refractivity contribution in [2.75, 3.05) is 17.1 Å². The second-order valence-corrected chi connectivity index (χ2v) is 12.3. The highest BCUT2D eigenvalue weighted by Gasteiger charge is 2.33. The van der Waals surface area contributed by atoms with Crippen molar-refractivity contribution in [1.29, 1.82) is 0 Å².